The van der Waals surface area contributed by atoms with Gasteiger partial charge in [-0.05, 0) is 31.2 Å². The van der Waals surface area contributed by atoms with Crippen molar-refractivity contribution in [1.29, 1.82) is 0 Å². The minimum Gasteiger partial charge on any atom is -0.463 e. The van der Waals surface area contributed by atoms with Crippen LogP contribution in [-0.2, 0) is 5.60 Å². The molecule has 3 N–H and O–H groups in total. The number of urea groups is 1. The van der Waals surface area contributed by atoms with E-state index in [9.17, 15) is 23.1 Å². The first kappa shape index (κ1) is 17.8. The molecule has 0 aliphatic rings. The van der Waals surface area contributed by atoms with E-state index in [-0.39, 0.29) is 5.76 Å². The number of aromatic nitrogens is 1. The van der Waals surface area contributed by atoms with Crippen LogP contribution in [-0.4, -0.2) is 28.8 Å². The lowest BCUT2D eigenvalue weighted by Crippen LogP contribution is -2.45. The second-order valence-corrected chi connectivity index (χ2v) is 5.14. The zero-order chi connectivity index (χ0) is 17.8. The summed E-state index contributed by atoms with van der Waals surface area (Å²) in [4.78, 5) is 15.4. The average Bonchev–Trinajstić information content (AvgIpc) is 2.94. The van der Waals surface area contributed by atoms with Gasteiger partial charge in [0.05, 0.1) is 11.9 Å². The van der Waals surface area contributed by atoms with E-state index in [2.05, 4.69) is 15.6 Å². The number of halogens is 3. The molecule has 0 radical (unpaired) electrons. The summed E-state index contributed by atoms with van der Waals surface area (Å²) in [7, 11) is 0. The number of alkyl halides is 3. The zero-order valence-corrected chi connectivity index (χ0v) is 12.7. The summed E-state index contributed by atoms with van der Waals surface area (Å²) in [6, 6.07) is 4.86. The van der Waals surface area contributed by atoms with Crippen LogP contribution in [0.15, 0.2) is 41.1 Å². The van der Waals surface area contributed by atoms with Crippen molar-refractivity contribution in [2.45, 2.75) is 25.1 Å². The molecule has 0 saturated carbocycles. The van der Waals surface area contributed by atoms with Gasteiger partial charge in [0.25, 0.3) is 0 Å². The summed E-state index contributed by atoms with van der Waals surface area (Å²) in [5.74, 6) is -0.364. The van der Waals surface area contributed by atoms with Gasteiger partial charge in [-0.1, -0.05) is 0 Å². The highest BCUT2D eigenvalue weighted by Gasteiger charge is 2.56. The zero-order valence-electron chi connectivity index (χ0n) is 12.7. The van der Waals surface area contributed by atoms with E-state index < -0.39 is 36.5 Å². The number of carbonyl (C=O) groups is 1. The lowest BCUT2D eigenvalue weighted by atomic mass is 9.96. The number of aliphatic hydroxyl groups is 1. The van der Waals surface area contributed by atoms with Crippen LogP contribution in [0.25, 0.3) is 0 Å². The normalized spacial score (nSPS) is 14.0. The summed E-state index contributed by atoms with van der Waals surface area (Å²) in [6.07, 6.45) is -2.84. The third kappa shape index (κ3) is 4.05. The Balaban J connectivity index is 1.98. The van der Waals surface area contributed by atoms with Gasteiger partial charge < -0.3 is 20.2 Å². The van der Waals surface area contributed by atoms with Gasteiger partial charge in [-0.2, -0.15) is 13.2 Å². The van der Waals surface area contributed by atoms with Crippen molar-refractivity contribution < 1.29 is 27.5 Å². The van der Waals surface area contributed by atoms with Gasteiger partial charge in [0.2, 0.25) is 5.60 Å². The third-order valence-electron chi connectivity index (χ3n) is 3.31. The van der Waals surface area contributed by atoms with Crippen LogP contribution < -0.4 is 10.6 Å². The number of amides is 2. The first-order valence-corrected chi connectivity index (χ1v) is 7.03. The fraction of sp³-hybridized carbons (Fsp3) is 0.333. The van der Waals surface area contributed by atoms with Gasteiger partial charge in [0.15, 0.2) is 0 Å². The molecule has 0 aliphatic carbocycles. The summed E-state index contributed by atoms with van der Waals surface area (Å²) >= 11 is 0. The molecule has 2 aromatic heterocycles. The summed E-state index contributed by atoms with van der Waals surface area (Å²) < 4.78 is 44.6. The van der Waals surface area contributed by atoms with E-state index >= 15 is 0 Å². The highest BCUT2D eigenvalue weighted by atomic mass is 19.4. The second kappa shape index (κ2) is 6.91. The van der Waals surface area contributed by atoms with Gasteiger partial charge in [0, 0.05) is 19.2 Å². The molecular formula is C15H16F3N3O3. The van der Waals surface area contributed by atoms with Crippen molar-refractivity contribution in [3.8, 4) is 0 Å². The predicted octanol–water partition coefficient (Wildman–Crippen LogP) is 2.94. The van der Waals surface area contributed by atoms with Gasteiger partial charge in [0.1, 0.15) is 11.5 Å². The molecule has 0 fully saturated rings. The van der Waals surface area contributed by atoms with Crippen molar-refractivity contribution >= 4 is 11.7 Å². The molecule has 2 heterocycles. The molecule has 24 heavy (non-hydrogen) atoms. The molecule has 130 valence electrons. The number of rotatable bonds is 5. The van der Waals surface area contributed by atoms with Crippen molar-refractivity contribution in [2.24, 2.45) is 0 Å². The molecule has 0 saturated heterocycles. The first-order chi connectivity index (χ1) is 11.2. The van der Waals surface area contributed by atoms with Crippen molar-refractivity contribution in [1.82, 2.24) is 10.3 Å². The molecular weight excluding hydrogens is 327 g/mol. The molecule has 0 aromatic carbocycles. The number of nitrogens with one attached hydrogen (secondary N) is 2. The number of pyridine rings is 1. The lowest BCUT2D eigenvalue weighted by Gasteiger charge is -2.28. The molecule has 2 rings (SSSR count). The fourth-order valence-corrected chi connectivity index (χ4v) is 2.03. The Kier molecular flexibility index (Phi) is 5.13. The molecule has 1 atom stereocenters. The smallest absolute Gasteiger partial charge is 0.424 e. The standard InChI is InChI=1S/C15H16F3N3O3/c1-10-4-5-12(24-10)14(23,15(16,17)18)6-8-20-13(22)21-11-3-2-7-19-9-11/h2-5,7,9,23H,6,8H2,1H3,(H2,20,21,22)/t14-/m1/s1. The average molecular weight is 343 g/mol. The third-order valence-corrected chi connectivity index (χ3v) is 3.31. The van der Waals surface area contributed by atoms with Crippen LogP contribution in [0.4, 0.5) is 23.7 Å². The molecule has 6 nitrogen and oxygen atoms in total. The number of aryl methyl sites for hydroxylation is 1. The van der Waals surface area contributed by atoms with Crippen LogP contribution in [0.1, 0.15) is 17.9 Å². The summed E-state index contributed by atoms with van der Waals surface area (Å²) in [5.41, 5.74) is -2.79. The maximum Gasteiger partial charge on any atom is 0.424 e. The maximum atomic E-state index is 13.2. The van der Waals surface area contributed by atoms with Gasteiger partial charge in [-0.25, -0.2) is 4.79 Å². The van der Waals surface area contributed by atoms with Crippen molar-refractivity contribution in [3.63, 3.8) is 0 Å². The van der Waals surface area contributed by atoms with E-state index in [1.165, 1.54) is 25.4 Å². The number of hydrogen-bond donors (Lipinski definition) is 3. The molecule has 0 bridgehead atoms. The molecule has 0 unspecified atom stereocenters. The molecule has 0 aliphatic heterocycles. The topological polar surface area (TPSA) is 87.4 Å². The quantitative estimate of drug-likeness (QED) is 0.779. The summed E-state index contributed by atoms with van der Waals surface area (Å²) in [6.45, 7) is 1.06. The number of furan rings is 1. The molecule has 0 spiro atoms. The van der Waals surface area contributed by atoms with Crippen molar-refractivity contribution in [2.75, 3.05) is 11.9 Å². The minimum atomic E-state index is -4.95. The van der Waals surface area contributed by atoms with E-state index in [1.54, 1.807) is 12.1 Å². The number of hydrogen-bond acceptors (Lipinski definition) is 4. The minimum absolute atomic E-state index is 0.245. The Hall–Kier alpha value is -2.55. The second-order valence-electron chi connectivity index (χ2n) is 5.14. The molecule has 2 amide bonds. The Labute approximate surface area is 135 Å². The van der Waals surface area contributed by atoms with Crippen LogP contribution in [0, 0.1) is 6.92 Å². The van der Waals surface area contributed by atoms with Crippen molar-refractivity contribution in [3.05, 3.63) is 48.2 Å². The first-order valence-electron chi connectivity index (χ1n) is 7.03. The SMILES string of the molecule is Cc1ccc([C@](O)(CCNC(=O)Nc2cccnc2)C(F)(F)F)o1. The number of carbonyl (C=O) groups excluding carboxylic acids is 1. The highest BCUT2D eigenvalue weighted by molar-refractivity contribution is 5.88. The number of nitrogens with zero attached hydrogens (tertiary/aromatic N) is 1. The lowest BCUT2D eigenvalue weighted by molar-refractivity contribution is -0.274. The van der Waals surface area contributed by atoms with E-state index in [0.29, 0.717) is 5.69 Å². The Morgan fingerprint density at radius 2 is 2.08 bits per heavy atom. The van der Waals surface area contributed by atoms with Gasteiger partial charge >= 0.3 is 12.2 Å². The largest absolute Gasteiger partial charge is 0.463 e. The maximum absolute atomic E-state index is 13.2. The van der Waals surface area contributed by atoms with Gasteiger partial charge in [-0.3, -0.25) is 4.98 Å². The van der Waals surface area contributed by atoms with Crippen LogP contribution in [0.3, 0.4) is 0 Å². The summed E-state index contributed by atoms with van der Waals surface area (Å²) in [5, 5.41) is 14.7. The molecule has 2 aromatic rings. The highest BCUT2D eigenvalue weighted by Crippen LogP contribution is 2.41. The Morgan fingerprint density at radius 3 is 2.62 bits per heavy atom. The van der Waals surface area contributed by atoms with E-state index in [1.807, 2.05) is 0 Å². The predicted molar refractivity (Wildman–Crippen MR) is 79.3 cm³/mol. The van der Waals surface area contributed by atoms with Crippen LogP contribution >= 0.6 is 0 Å². The Bertz CT molecular complexity index is 688. The van der Waals surface area contributed by atoms with E-state index in [4.69, 9.17) is 4.42 Å². The Morgan fingerprint density at radius 1 is 1.33 bits per heavy atom. The fourth-order valence-electron chi connectivity index (χ4n) is 2.03. The van der Waals surface area contributed by atoms with Gasteiger partial charge in [-0.15, -0.1) is 0 Å². The van der Waals surface area contributed by atoms with Crippen LogP contribution in [0.5, 0.6) is 0 Å². The van der Waals surface area contributed by atoms with E-state index in [0.717, 1.165) is 6.07 Å². The number of anilines is 1. The van der Waals surface area contributed by atoms with Crippen LogP contribution in [0.2, 0.25) is 0 Å². The monoisotopic (exact) mass is 343 g/mol. The molecule has 9 heteroatoms.